The van der Waals surface area contributed by atoms with Crippen molar-refractivity contribution >= 4 is 11.7 Å². The molecule has 1 heterocycles. The lowest BCUT2D eigenvalue weighted by Gasteiger charge is -2.25. The Balaban J connectivity index is 1.66. The molecule has 1 amide bonds. The minimum Gasteiger partial charge on any atom is -0.385 e. The average molecular weight is 327 g/mol. The summed E-state index contributed by atoms with van der Waals surface area (Å²) in [4.78, 5) is 12.4. The van der Waals surface area contributed by atoms with Gasteiger partial charge in [0.25, 0.3) is 0 Å². The number of aliphatic hydroxyl groups is 1. The lowest BCUT2D eigenvalue weighted by molar-refractivity contribution is -0.120. The van der Waals surface area contributed by atoms with Crippen LogP contribution in [0.4, 0.5) is 5.82 Å². The Kier molecular flexibility index (Phi) is 5.00. The van der Waals surface area contributed by atoms with E-state index in [1.165, 1.54) is 19.3 Å². The number of nitrogens with zero attached hydrogens (tertiary/aromatic N) is 2. The lowest BCUT2D eigenvalue weighted by Crippen LogP contribution is -2.29. The van der Waals surface area contributed by atoms with Crippen LogP contribution in [0.3, 0.4) is 0 Å². The van der Waals surface area contributed by atoms with Gasteiger partial charge in [0.1, 0.15) is 5.82 Å². The summed E-state index contributed by atoms with van der Waals surface area (Å²) in [5.74, 6) is 0.511. The van der Waals surface area contributed by atoms with E-state index in [2.05, 4.69) is 10.4 Å². The van der Waals surface area contributed by atoms with Gasteiger partial charge in [-0.25, -0.2) is 4.68 Å². The quantitative estimate of drug-likeness (QED) is 0.881. The van der Waals surface area contributed by atoms with Gasteiger partial charge in [-0.1, -0.05) is 49.6 Å². The summed E-state index contributed by atoms with van der Waals surface area (Å²) in [5, 5.41) is 17.9. The molecule has 2 aromatic rings. The first-order chi connectivity index (χ1) is 11.6. The van der Waals surface area contributed by atoms with Crippen LogP contribution in [-0.2, 0) is 10.4 Å². The molecule has 1 unspecified atom stereocenters. The molecule has 5 heteroatoms. The Morgan fingerprint density at radius 3 is 2.67 bits per heavy atom. The van der Waals surface area contributed by atoms with Gasteiger partial charge >= 0.3 is 0 Å². The van der Waals surface area contributed by atoms with E-state index in [-0.39, 0.29) is 12.3 Å². The van der Waals surface area contributed by atoms with Gasteiger partial charge in [0.15, 0.2) is 0 Å². The number of nitrogens with one attached hydrogen (secondary N) is 1. The van der Waals surface area contributed by atoms with Gasteiger partial charge in [-0.3, -0.25) is 4.79 Å². The number of hydrogen-bond acceptors (Lipinski definition) is 3. The van der Waals surface area contributed by atoms with Crippen LogP contribution in [0.2, 0.25) is 0 Å². The summed E-state index contributed by atoms with van der Waals surface area (Å²) in [6, 6.07) is 11.5. The molecule has 5 nitrogen and oxygen atoms in total. The topological polar surface area (TPSA) is 67.2 Å². The Hall–Kier alpha value is -2.14. The van der Waals surface area contributed by atoms with Gasteiger partial charge in [-0.05, 0) is 25.3 Å². The molecule has 0 radical (unpaired) electrons. The van der Waals surface area contributed by atoms with Gasteiger partial charge in [-0.15, -0.1) is 0 Å². The zero-order valence-electron chi connectivity index (χ0n) is 14.1. The molecule has 1 aliphatic rings. The Morgan fingerprint density at radius 1 is 1.25 bits per heavy atom. The van der Waals surface area contributed by atoms with Crippen LogP contribution in [0, 0.1) is 0 Å². The minimum atomic E-state index is -1.19. The van der Waals surface area contributed by atoms with Crippen LogP contribution >= 0.6 is 0 Å². The Morgan fingerprint density at radius 2 is 1.96 bits per heavy atom. The number of hydrogen-bond donors (Lipinski definition) is 2. The molecule has 1 aliphatic carbocycles. The number of aromatic nitrogens is 2. The Labute approximate surface area is 142 Å². The van der Waals surface area contributed by atoms with Crippen molar-refractivity contribution in [2.24, 2.45) is 0 Å². The smallest absolute Gasteiger partial charge is 0.228 e. The van der Waals surface area contributed by atoms with Crippen LogP contribution in [-0.4, -0.2) is 20.8 Å². The van der Waals surface area contributed by atoms with Gasteiger partial charge in [-0.2, -0.15) is 5.10 Å². The highest BCUT2D eigenvalue weighted by molar-refractivity contribution is 5.90. The SMILES string of the molecule is CC(O)(CC(=O)Nc1ccnn1C1CCCCC1)c1ccccc1. The maximum atomic E-state index is 12.4. The molecule has 0 saturated heterocycles. The van der Waals surface area contributed by atoms with Crippen molar-refractivity contribution in [3.63, 3.8) is 0 Å². The van der Waals surface area contributed by atoms with Gasteiger partial charge in [0.2, 0.25) is 5.91 Å². The van der Waals surface area contributed by atoms with Gasteiger partial charge in [0, 0.05) is 6.07 Å². The highest BCUT2D eigenvalue weighted by Gasteiger charge is 2.27. The zero-order chi connectivity index (χ0) is 17.0. The monoisotopic (exact) mass is 327 g/mol. The first-order valence-corrected chi connectivity index (χ1v) is 8.67. The van der Waals surface area contributed by atoms with E-state index in [1.807, 2.05) is 41.1 Å². The van der Waals surface area contributed by atoms with Crippen LogP contribution in [0.15, 0.2) is 42.6 Å². The molecule has 1 aromatic heterocycles. The zero-order valence-corrected chi connectivity index (χ0v) is 14.1. The highest BCUT2D eigenvalue weighted by atomic mass is 16.3. The normalized spacial score (nSPS) is 18.1. The third-order valence-corrected chi connectivity index (χ3v) is 4.76. The standard InChI is InChI=1S/C19H25N3O2/c1-19(24,15-8-4-2-5-9-15)14-18(23)21-17-12-13-20-22(17)16-10-6-3-7-11-16/h2,4-5,8-9,12-13,16,24H,3,6-7,10-11,14H2,1H3,(H,21,23). The summed E-state index contributed by atoms with van der Waals surface area (Å²) in [5.41, 5.74) is -0.456. The number of anilines is 1. The fourth-order valence-corrected chi connectivity index (χ4v) is 3.43. The summed E-state index contributed by atoms with van der Waals surface area (Å²) in [6.07, 6.45) is 7.63. The van der Waals surface area contributed by atoms with Crippen molar-refractivity contribution in [2.75, 3.05) is 5.32 Å². The summed E-state index contributed by atoms with van der Waals surface area (Å²) < 4.78 is 1.92. The van der Waals surface area contributed by atoms with E-state index in [0.29, 0.717) is 6.04 Å². The third-order valence-electron chi connectivity index (χ3n) is 4.76. The number of benzene rings is 1. The molecule has 1 aromatic carbocycles. The van der Waals surface area contributed by atoms with Crippen LogP contribution in [0.5, 0.6) is 0 Å². The molecule has 1 atom stereocenters. The largest absolute Gasteiger partial charge is 0.385 e. The van der Waals surface area contributed by atoms with Crippen LogP contribution in [0.1, 0.15) is 57.1 Å². The first kappa shape index (κ1) is 16.7. The predicted octanol–water partition coefficient (Wildman–Crippen LogP) is 3.62. The van der Waals surface area contributed by atoms with E-state index in [0.717, 1.165) is 24.2 Å². The molecule has 1 saturated carbocycles. The van der Waals surface area contributed by atoms with Gasteiger partial charge < -0.3 is 10.4 Å². The van der Waals surface area contributed by atoms with Crippen LogP contribution in [0.25, 0.3) is 0 Å². The van der Waals surface area contributed by atoms with Crippen molar-refractivity contribution in [3.05, 3.63) is 48.2 Å². The number of carbonyl (C=O) groups is 1. The fourth-order valence-electron chi connectivity index (χ4n) is 3.43. The first-order valence-electron chi connectivity index (χ1n) is 8.67. The molecule has 24 heavy (non-hydrogen) atoms. The van der Waals surface area contributed by atoms with E-state index in [4.69, 9.17) is 0 Å². The van der Waals surface area contributed by atoms with E-state index < -0.39 is 5.60 Å². The minimum absolute atomic E-state index is 0.00681. The number of carbonyl (C=O) groups excluding carboxylic acids is 1. The van der Waals surface area contributed by atoms with Crippen molar-refractivity contribution in [1.82, 2.24) is 9.78 Å². The van der Waals surface area contributed by atoms with Crippen molar-refractivity contribution in [3.8, 4) is 0 Å². The number of rotatable bonds is 5. The second-order valence-corrected chi connectivity index (χ2v) is 6.82. The van der Waals surface area contributed by atoms with E-state index >= 15 is 0 Å². The van der Waals surface area contributed by atoms with Crippen molar-refractivity contribution < 1.29 is 9.90 Å². The molecule has 0 aliphatic heterocycles. The predicted molar refractivity (Wildman–Crippen MR) is 93.6 cm³/mol. The summed E-state index contributed by atoms with van der Waals surface area (Å²) in [6.45, 7) is 1.67. The maximum Gasteiger partial charge on any atom is 0.228 e. The van der Waals surface area contributed by atoms with Crippen molar-refractivity contribution in [2.45, 2.75) is 57.1 Å². The maximum absolute atomic E-state index is 12.4. The Bertz CT molecular complexity index is 673. The molecule has 0 spiro atoms. The molecular formula is C19H25N3O2. The molecule has 128 valence electrons. The molecule has 3 rings (SSSR count). The van der Waals surface area contributed by atoms with Crippen molar-refractivity contribution in [1.29, 1.82) is 0 Å². The molecule has 2 N–H and O–H groups in total. The lowest BCUT2D eigenvalue weighted by atomic mass is 9.92. The molecular weight excluding hydrogens is 302 g/mol. The number of amides is 1. The van der Waals surface area contributed by atoms with Crippen LogP contribution < -0.4 is 5.32 Å². The van der Waals surface area contributed by atoms with E-state index in [1.54, 1.807) is 13.1 Å². The second-order valence-electron chi connectivity index (χ2n) is 6.82. The third kappa shape index (κ3) is 3.85. The molecule has 1 fully saturated rings. The van der Waals surface area contributed by atoms with E-state index in [9.17, 15) is 9.90 Å². The summed E-state index contributed by atoms with van der Waals surface area (Å²) in [7, 11) is 0. The van der Waals surface area contributed by atoms with Gasteiger partial charge in [0.05, 0.1) is 24.3 Å². The second kappa shape index (κ2) is 7.18. The highest BCUT2D eigenvalue weighted by Crippen LogP contribution is 2.30. The average Bonchev–Trinajstić information content (AvgIpc) is 3.04. The summed E-state index contributed by atoms with van der Waals surface area (Å²) >= 11 is 0. The fraction of sp³-hybridized carbons (Fsp3) is 0.474. The molecule has 0 bridgehead atoms.